The topological polar surface area (TPSA) is 308 Å². The number of carbonyl (C=O) groups excluding carboxylic acids is 3. The van der Waals surface area contributed by atoms with Crippen molar-refractivity contribution in [3.63, 3.8) is 0 Å². The number of hydrogen-bond acceptors (Lipinski definition) is 20. The van der Waals surface area contributed by atoms with Gasteiger partial charge in [0.2, 0.25) is 6.08 Å². The van der Waals surface area contributed by atoms with E-state index in [9.17, 15) is 56.2 Å². The van der Waals surface area contributed by atoms with Gasteiger partial charge in [-0.25, -0.2) is 19.4 Å². The fourth-order valence-corrected chi connectivity index (χ4v) is 12.9. The number of rotatable bonds is 33. The standard InChI is InChI=1S/C28H28Cl2F2N2O7.C27H26Cl2F2N2O7.C18H17Cl2F2NO3.C9H9NO.H2O/c1-33(18-7-9-22(37-2)25(11-18)38-3)28(35)41-24(12-19-20(29)13-34(36)14-21(19)30)17-6-8-23(40-27(31)32)26(10-17)39-15-16-4-5-16;1-36-21-8-6-17(10-24(21)37-2)32-27(34)40-23(11-18-19(28)12-33(35)13-20(18)29)16-5-7-22(39-26(30)31)25(9-16)38-14-15-3-4-15;19-13-7-23-8-14(20)12(13)6-15(24)11-3-4-16(26-18(21)22)17(5-11)25-9-10-1-2-10;1-7-3-4-9(10-6-11)5-8(7)2;/h6-11,13-14,16,24,27H,4-5,12,15H2,1-3H3;5-10,12-13,15,23,26H,3-4,11,14H2,1-2H3,(H,32,34);3-5,7-8,10,15,18,24H,1-2,6,9H2;3-5H,1-2H3;1H2/t24-;23-;15-;;/m000../s1. The second kappa shape index (κ2) is 45.1. The number of aromatic nitrogens is 3. The number of benzene rings is 6. The van der Waals surface area contributed by atoms with Crippen molar-refractivity contribution in [2.75, 3.05) is 65.5 Å². The number of pyridine rings is 3. The summed E-state index contributed by atoms with van der Waals surface area (Å²) in [5.74, 6) is 2.82. The summed E-state index contributed by atoms with van der Waals surface area (Å²) < 4.78 is 142. The molecule has 37 heteroatoms. The minimum Gasteiger partial charge on any atom is -0.870 e. The summed E-state index contributed by atoms with van der Waals surface area (Å²) in [7, 11) is 7.42. The van der Waals surface area contributed by atoms with Gasteiger partial charge in [-0.2, -0.15) is 40.8 Å². The van der Waals surface area contributed by atoms with Gasteiger partial charge in [0.1, 0.15) is 42.3 Å². The number of H-pyrrole nitrogens is 1. The van der Waals surface area contributed by atoms with Gasteiger partial charge in [-0.1, -0.05) is 93.9 Å². The number of alkyl halides is 6. The summed E-state index contributed by atoms with van der Waals surface area (Å²) in [6.45, 7) is -3.98. The zero-order chi connectivity index (χ0) is 85.4. The van der Waals surface area contributed by atoms with E-state index >= 15 is 0 Å². The molecule has 6 aromatic carbocycles. The maximum atomic E-state index is 13.4. The summed E-state index contributed by atoms with van der Waals surface area (Å²) >= 11 is 37.4. The molecule has 638 valence electrons. The molecule has 25 nitrogen and oxygen atoms in total. The van der Waals surface area contributed by atoms with E-state index in [1.54, 1.807) is 54.9 Å². The van der Waals surface area contributed by atoms with Gasteiger partial charge in [-0.3, -0.25) is 10.2 Å². The number of nitrogens with zero attached hydrogens (tertiary/aromatic N) is 4. The molecule has 3 saturated carbocycles. The SMILES string of the molecule is COc1ccc(N(C)C(=O)O[C@@H](Cc2c(Cl)c[n+]([O-])cc2Cl)c2ccc(OC(F)F)c(OCC3CC3)c2)cc1OC.COc1ccc(NC(=O)O[C@@H](Cc2c(Cl)c[n+]([O-])cc2Cl)c2ccc(OC(F)F)c(OCC3CC3)c2)cc1OC.Cc1ccc(N=C=O)cc1C.O[C@@H](Cc1c(Cl)c[nH+]cc1Cl)c1ccc(OC(F)F)c(OCC2CC2)c1.[OH-]. The Labute approximate surface area is 710 Å². The third-order valence-corrected chi connectivity index (χ3v) is 20.3. The number of nitrogens with one attached hydrogen (secondary N) is 2. The van der Waals surface area contributed by atoms with Crippen molar-refractivity contribution >= 4 is 105 Å². The number of anilines is 2. The van der Waals surface area contributed by atoms with Crippen LogP contribution in [-0.2, 0) is 33.5 Å². The molecule has 3 fully saturated rings. The molecule has 12 rings (SSSR count). The molecule has 119 heavy (non-hydrogen) atoms. The first-order valence-corrected chi connectivity index (χ1v) is 38.5. The number of ether oxygens (including phenoxy) is 12. The van der Waals surface area contributed by atoms with Crippen LogP contribution in [0.15, 0.2) is 151 Å². The maximum absolute atomic E-state index is 13.4. The summed E-state index contributed by atoms with van der Waals surface area (Å²) in [5, 5.41) is 37.7. The van der Waals surface area contributed by atoms with Crippen LogP contribution >= 0.6 is 69.6 Å². The Bertz CT molecular complexity index is 4910. The number of aliphatic imine (C=N–C) groups is 1. The first-order valence-electron chi connectivity index (χ1n) is 36.2. The molecule has 0 saturated heterocycles. The van der Waals surface area contributed by atoms with Crippen molar-refractivity contribution in [1.29, 1.82) is 0 Å². The number of aliphatic hydroxyl groups excluding tert-OH is 1. The monoisotopic (exact) mass is 1780 g/mol. The van der Waals surface area contributed by atoms with Crippen LogP contribution in [0.5, 0.6) is 57.5 Å². The molecular formula is C82H82Cl6F6N6O19. The minimum absolute atomic E-state index is 0. The number of carbonyl (C=O) groups is 2. The molecule has 3 aliphatic carbocycles. The smallest absolute Gasteiger partial charge is 0.414 e. The zero-order valence-corrected chi connectivity index (χ0v) is 69.2. The Balaban J connectivity index is 0.000000212. The van der Waals surface area contributed by atoms with Crippen molar-refractivity contribution in [3.05, 3.63) is 231 Å². The molecule has 0 bridgehead atoms. The van der Waals surface area contributed by atoms with E-state index in [1.165, 1.54) is 107 Å². The molecule has 0 unspecified atom stereocenters. The second-order valence-electron chi connectivity index (χ2n) is 26.9. The molecule has 0 spiro atoms. The highest BCUT2D eigenvalue weighted by atomic mass is 35.5. The average Bonchev–Trinajstić information content (AvgIpc) is 1.74. The van der Waals surface area contributed by atoms with Gasteiger partial charge < -0.3 is 77.8 Å². The van der Waals surface area contributed by atoms with Crippen molar-refractivity contribution in [2.45, 2.75) is 110 Å². The highest BCUT2D eigenvalue weighted by Gasteiger charge is 2.32. The van der Waals surface area contributed by atoms with Crippen molar-refractivity contribution in [3.8, 4) is 57.5 Å². The van der Waals surface area contributed by atoms with Gasteiger partial charge in [0, 0.05) is 60.8 Å². The van der Waals surface area contributed by atoms with Gasteiger partial charge in [-0.05, 0) is 171 Å². The van der Waals surface area contributed by atoms with Gasteiger partial charge >= 0.3 is 32.0 Å². The number of hydrogen-bond donors (Lipinski definition) is 2. The number of halogens is 12. The summed E-state index contributed by atoms with van der Waals surface area (Å²) in [4.78, 5) is 43.8. The molecule has 9 aromatic rings. The van der Waals surface area contributed by atoms with E-state index in [4.69, 9.17) is 112 Å². The van der Waals surface area contributed by atoms with Gasteiger partial charge in [0.25, 0.3) is 0 Å². The van der Waals surface area contributed by atoms with E-state index in [0.29, 0.717) is 131 Å². The van der Waals surface area contributed by atoms with Crippen LogP contribution in [0.1, 0.15) is 101 Å². The maximum Gasteiger partial charge on any atom is 0.414 e. The molecule has 3 atom stereocenters. The zero-order valence-electron chi connectivity index (χ0n) is 64.7. The fraction of sp³-hybridized carbons (Fsp3) is 0.341. The van der Waals surface area contributed by atoms with Crippen LogP contribution in [0.25, 0.3) is 0 Å². The first-order chi connectivity index (χ1) is 56.4. The molecule has 4 N–H and O–H groups in total. The van der Waals surface area contributed by atoms with Crippen molar-refractivity contribution in [1.82, 2.24) is 0 Å². The predicted molar refractivity (Wildman–Crippen MR) is 429 cm³/mol. The number of isocyanates is 1. The van der Waals surface area contributed by atoms with E-state index in [-0.39, 0.29) is 79.3 Å². The van der Waals surface area contributed by atoms with E-state index in [1.807, 2.05) is 26.0 Å². The summed E-state index contributed by atoms with van der Waals surface area (Å²) in [5.41, 5.74) is 6.39. The third-order valence-electron chi connectivity index (χ3n) is 18.3. The lowest BCUT2D eigenvalue weighted by Gasteiger charge is -2.25. The lowest BCUT2D eigenvalue weighted by atomic mass is 10.0. The summed E-state index contributed by atoms with van der Waals surface area (Å²) in [6.07, 6.45) is 10.7. The molecule has 3 aliphatic rings. The second-order valence-corrected chi connectivity index (χ2v) is 29.3. The van der Waals surface area contributed by atoms with E-state index in [0.717, 1.165) is 68.9 Å². The molecule has 3 aromatic heterocycles. The predicted octanol–water partition coefficient (Wildman–Crippen LogP) is 19.7. The summed E-state index contributed by atoms with van der Waals surface area (Å²) in [6, 6.07) is 28.2. The number of aryl methyl sites for hydroxylation is 2. The highest BCUT2D eigenvalue weighted by molar-refractivity contribution is 6.36. The van der Waals surface area contributed by atoms with Gasteiger partial charge in [-0.15, -0.1) is 0 Å². The lowest BCUT2D eigenvalue weighted by Crippen LogP contribution is -2.29. The quantitative estimate of drug-likeness (QED) is 0.0127. The highest BCUT2D eigenvalue weighted by Crippen LogP contribution is 2.43. The Kier molecular flexibility index (Phi) is 35.6. The molecule has 3 heterocycles. The van der Waals surface area contributed by atoms with E-state index in [2.05, 4.69) is 29.5 Å². The molecule has 0 aliphatic heterocycles. The first kappa shape index (κ1) is 94.0. The Morgan fingerprint density at radius 3 is 1.32 bits per heavy atom. The van der Waals surface area contributed by atoms with Gasteiger partial charge in [0.05, 0.1) is 65.7 Å². The van der Waals surface area contributed by atoms with Crippen LogP contribution in [-0.4, -0.2) is 104 Å². The molecule has 0 radical (unpaired) electrons. The van der Waals surface area contributed by atoms with Crippen molar-refractivity contribution < 1.29 is 123 Å². The van der Waals surface area contributed by atoms with Crippen LogP contribution in [0, 0.1) is 42.0 Å². The Morgan fingerprint density at radius 1 is 0.513 bits per heavy atom. The third kappa shape index (κ3) is 28.6. The fourth-order valence-electron chi connectivity index (χ4n) is 11.2. The lowest BCUT2D eigenvalue weighted by molar-refractivity contribution is -0.605. The average molecular weight is 1780 g/mol. The Morgan fingerprint density at radius 2 is 0.908 bits per heavy atom. The van der Waals surface area contributed by atoms with Crippen LogP contribution in [0.3, 0.4) is 0 Å². The molecular weight excluding hydrogens is 1700 g/mol. The van der Waals surface area contributed by atoms with Crippen LogP contribution in [0.2, 0.25) is 30.1 Å². The number of methoxy groups -OCH3 is 4. The Hall–Kier alpha value is -10.5. The van der Waals surface area contributed by atoms with Crippen LogP contribution < -0.4 is 72.0 Å². The van der Waals surface area contributed by atoms with Gasteiger partial charge in [0.15, 0.2) is 94.7 Å². The number of aromatic amines is 1. The number of amides is 2. The minimum atomic E-state index is -3.06. The normalized spacial score (nSPS) is 13.3. The number of aliphatic hydroxyl groups is 1. The van der Waals surface area contributed by atoms with Crippen LogP contribution in [0.4, 0.5) is 53.0 Å². The largest absolute Gasteiger partial charge is 0.870 e. The molecule has 2 amide bonds. The van der Waals surface area contributed by atoms with Crippen molar-refractivity contribution in [2.24, 2.45) is 22.7 Å². The van der Waals surface area contributed by atoms with E-state index < -0.39 is 50.3 Å².